The Hall–Kier alpha value is -2.89. The van der Waals surface area contributed by atoms with Gasteiger partial charge in [0.25, 0.3) is 0 Å². The van der Waals surface area contributed by atoms with Crippen molar-refractivity contribution < 1.29 is 23.7 Å². The lowest BCUT2D eigenvalue weighted by atomic mass is 9.84. The molecule has 4 rings (SSSR count). The van der Waals surface area contributed by atoms with Crippen LogP contribution in [0.1, 0.15) is 30.4 Å². The van der Waals surface area contributed by atoms with Crippen LogP contribution in [-0.4, -0.2) is 26.4 Å². The van der Waals surface area contributed by atoms with E-state index in [9.17, 15) is 4.79 Å². The maximum Gasteiger partial charge on any atom is 0.231 e. The maximum absolute atomic E-state index is 12.2. The molecule has 1 N–H and O–H groups in total. The minimum atomic E-state index is -0.0807. The Bertz CT molecular complexity index is 833. The largest absolute Gasteiger partial charge is 0.493 e. The number of carbonyl (C=O) groups is 1. The number of rotatable bonds is 4. The smallest absolute Gasteiger partial charge is 0.231 e. The van der Waals surface area contributed by atoms with Crippen molar-refractivity contribution in [1.82, 2.24) is 0 Å². The van der Waals surface area contributed by atoms with Gasteiger partial charge in [-0.2, -0.15) is 0 Å². The van der Waals surface area contributed by atoms with Gasteiger partial charge < -0.3 is 24.3 Å². The molecular weight excluding hydrogens is 322 g/mol. The van der Waals surface area contributed by atoms with Crippen molar-refractivity contribution in [3.63, 3.8) is 0 Å². The molecule has 0 aromatic heterocycles. The van der Waals surface area contributed by atoms with Gasteiger partial charge in [-0.1, -0.05) is 6.07 Å². The molecule has 1 atom stereocenters. The predicted molar refractivity (Wildman–Crippen MR) is 91.8 cm³/mol. The molecule has 25 heavy (non-hydrogen) atoms. The second-order valence-corrected chi connectivity index (χ2v) is 5.94. The number of amides is 1. The fourth-order valence-electron chi connectivity index (χ4n) is 3.32. The molecule has 0 saturated carbocycles. The molecule has 2 heterocycles. The van der Waals surface area contributed by atoms with E-state index in [4.69, 9.17) is 18.9 Å². The maximum atomic E-state index is 12.2. The van der Waals surface area contributed by atoms with Crippen LogP contribution < -0.4 is 24.3 Å². The molecule has 0 bridgehead atoms. The summed E-state index contributed by atoms with van der Waals surface area (Å²) in [7, 11) is 1.61. The normalized spacial score (nSPS) is 17.7. The molecule has 2 aromatic carbocycles. The topological polar surface area (TPSA) is 66.0 Å². The average molecular weight is 341 g/mol. The van der Waals surface area contributed by atoms with Crippen molar-refractivity contribution in [3.05, 3.63) is 41.5 Å². The van der Waals surface area contributed by atoms with Crippen molar-refractivity contribution in [3.8, 4) is 23.0 Å². The number of fused-ring (bicyclic) bond motifs is 2. The van der Waals surface area contributed by atoms with E-state index in [0.29, 0.717) is 36.0 Å². The first-order valence-electron chi connectivity index (χ1n) is 8.23. The minimum Gasteiger partial charge on any atom is -0.493 e. The van der Waals surface area contributed by atoms with Gasteiger partial charge in [0.2, 0.25) is 12.7 Å². The summed E-state index contributed by atoms with van der Waals surface area (Å²) in [6.07, 6.45) is 0.365. The fourth-order valence-corrected chi connectivity index (χ4v) is 3.32. The molecule has 0 unspecified atom stereocenters. The van der Waals surface area contributed by atoms with Gasteiger partial charge in [0, 0.05) is 24.1 Å². The molecule has 2 aromatic rings. The molecule has 2 aliphatic rings. The van der Waals surface area contributed by atoms with E-state index in [1.807, 2.05) is 37.3 Å². The molecule has 6 nitrogen and oxygen atoms in total. The first-order valence-corrected chi connectivity index (χ1v) is 8.23. The summed E-state index contributed by atoms with van der Waals surface area (Å²) >= 11 is 0. The molecule has 130 valence electrons. The van der Waals surface area contributed by atoms with Gasteiger partial charge in [0.05, 0.1) is 13.7 Å². The van der Waals surface area contributed by atoms with Crippen molar-refractivity contribution in [2.45, 2.75) is 19.3 Å². The van der Waals surface area contributed by atoms with E-state index in [1.165, 1.54) is 0 Å². The van der Waals surface area contributed by atoms with Gasteiger partial charge in [0.15, 0.2) is 23.0 Å². The van der Waals surface area contributed by atoms with Crippen LogP contribution in [0.4, 0.5) is 5.69 Å². The van der Waals surface area contributed by atoms with E-state index >= 15 is 0 Å². The standard InChI is InChI=1S/C19H19NO5/c1-3-23-15-5-4-11(6-16(15)22-2)12-8-19(21)20-14-9-18-17(7-13(12)14)24-10-25-18/h4-7,9,12H,3,8,10H2,1-2H3,(H,20,21)/t12-/m0/s1. The zero-order chi connectivity index (χ0) is 17.4. The third-order valence-electron chi connectivity index (χ3n) is 4.47. The summed E-state index contributed by atoms with van der Waals surface area (Å²) in [5, 5.41) is 2.92. The highest BCUT2D eigenvalue weighted by molar-refractivity contribution is 5.96. The Balaban J connectivity index is 1.77. The SMILES string of the molecule is CCOc1ccc([C@@H]2CC(=O)Nc3cc4c(cc32)OCO4)cc1OC. The van der Waals surface area contributed by atoms with Crippen molar-refractivity contribution >= 4 is 11.6 Å². The second kappa shape index (κ2) is 6.20. The lowest BCUT2D eigenvalue weighted by Gasteiger charge is -2.27. The molecular formula is C19H19NO5. The summed E-state index contributed by atoms with van der Waals surface area (Å²) in [5.41, 5.74) is 2.77. The minimum absolute atomic E-state index is 0.0239. The number of nitrogens with one attached hydrogen (secondary N) is 1. The van der Waals surface area contributed by atoms with Gasteiger partial charge in [-0.25, -0.2) is 0 Å². The van der Waals surface area contributed by atoms with Gasteiger partial charge in [0.1, 0.15) is 0 Å². The van der Waals surface area contributed by atoms with Crippen LogP contribution in [0.2, 0.25) is 0 Å². The fraction of sp³-hybridized carbons (Fsp3) is 0.316. The molecule has 0 spiro atoms. The average Bonchev–Trinajstić information content (AvgIpc) is 3.07. The van der Waals surface area contributed by atoms with Crippen molar-refractivity contribution in [2.24, 2.45) is 0 Å². The van der Waals surface area contributed by atoms with Crippen LogP contribution in [0.3, 0.4) is 0 Å². The van der Waals surface area contributed by atoms with Gasteiger partial charge in [-0.15, -0.1) is 0 Å². The third-order valence-corrected chi connectivity index (χ3v) is 4.47. The summed E-state index contributed by atoms with van der Waals surface area (Å²) in [6.45, 7) is 2.69. The highest BCUT2D eigenvalue weighted by Gasteiger charge is 2.30. The van der Waals surface area contributed by atoms with Gasteiger partial charge >= 0.3 is 0 Å². The summed E-state index contributed by atoms with van der Waals surface area (Å²) < 4.78 is 21.9. The summed E-state index contributed by atoms with van der Waals surface area (Å²) in [4.78, 5) is 12.2. The Kier molecular flexibility index (Phi) is 3.87. The van der Waals surface area contributed by atoms with Crippen LogP contribution in [-0.2, 0) is 4.79 Å². The molecule has 2 aliphatic heterocycles. The molecule has 0 saturated heterocycles. The Morgan fingerprint density at radius 2 is 1.96 bits per heavy atom. The van der Waals surface area contributed by atoms with Gasteiger partial charge in [-0.3, -0.25) is 4.79 Å². The predicted octanol–water partition coefficient (Wildman–Crippen LogP) is 3.30. The first kappa shape index (κ1) is 15.6. The lowest BCUT2D eigenvalue weighted by Crippen LogP contribution is -2.23. The number of carbonyl (C=O) groups excluding carboxylic acids is 1. The summed E-state index contributed by atoms with van der Waals surface area (Å²) in [6, 6.07) is 9.57. The van der Waals surface area contributed by atoms with E-state index < -0.39 is 0 Å². The number of ether oxygens (including phenoxy) is 4. The Morgan fingerprint density at radius 3 is 2.72 bits per heavy atom. The zero-order valence-corrected chi connectivity index (χ0v) is 14.1. The Morgan fingerprint density at radius 1 is 1.16 bits per heavy atom. The van der Waals surface area contributed by atoms with Crippen LogP contribution in [0.15, 0.2) is 30.3 Å². The molecule has 0 radical (unpaired) electrons. The zero-order valence-electron chi connectivity index (χ0n) is 14.1. The number of anilines is 1. The number of benzene rings is 2. The lowest BCUT2D eigenvalue weighted by molar-refractivity contribution is -0.116. The van der Waals surface area contributed by atoms with Crippen LogP contribution in [0, 0.1) is 0 Å². The Labute approximate surface area is 145 Å². The monoisotopic (exact) mass is 341 g/mol. The number of methoxy groups -OCH3 is 1. The van der Waals surface area contributed by atoms with Crippen LogP contribution >= 0.6 is 0 Å². The first-order chi connectivity index (χ1) is 12.2. The van der Waals surface area contributed by atoms with E-state index in [-0.39, 0.29) is 18.6 Å². The molecule has 1 amide bonds. The molecule has 0 aliphatic carbocycles. The van der Waals surface area contributed by atoms with E-state index in [0.717, 1.165) is 16.8 Å². The summed E-state index contributed by atoms with van der Waals surface area (Å²) in [5.74, 6) is 2.61. The second-order valence-electron chi connectivity index (χ2n) is 5.94. The number of hydrogen-bond acceptors (Lipinski definition) is 5. The van der Waals surface area contributed by atoms with Crippen LogP contribution in [0.25, 0.3) is 0 Å². The number of hydrogen-bond donors (Lipinski definition) is 1. The quantitative estimate of drug-likeness (QED) is 0.924. The molecule has 0 fully saturated rings. The third kappa shape index (κ3) is 2.73. The van der Waals surface area contributed by atoms with Gasteiger partial charge in [-0.05, 0) is 36.2 Å². The van der Waals surface area contributed by atoms with Crippen LogP contribution in [0.5, 0.6) is 23.0 Å². The van der Waals surface area contributed by atoms with E-state index in [2.05, 4.69) is 5.32 Å². The van der Waals surface area contributed by atoms with E-state index in [1.54, 1.807) is 7.11 Å². The van der Waals surface area contributed by atoms with Crippen molar-refractivity contribution in [2.75, 3.05) is 25.8 Å². The highest BCUT2D eigenvalue weighted by Crippen LogP contribution is 2.45. The highest BCUT2D eigenvalue weighted by atomic mass is 16.7. The molecule has 6 heteroatoms. The van der Waals surface area contributed by atoms with Crippen molar-refractivity contribution in [1.29, 1.82) is 0 Å².